The Balaban J connectivity index is 2.16. The van der Waals surface area contributed by atoms with Crippen LogP contribution in [0.1, 0.15) is 6.42 Å². The number of benzene rings is 1. The monoisotopic (exact) mass is 240 g/mol. The minimum atomic E-state index is -0.191. The van der Waals surface area contributed by atoms with Gasteiger partial charge in [-0.15, -0.1) is 0 Å². The van der Waals surface area contributed by atoms with Gasteiger partial charge in [0.1, 0.15) is 5.82 Å². The van der Waals surface area contributed by atoms with E-state index in [0.717, 1.165) is 38.3 Å². The molecule has 0 heterocycles. The molecule has 1 aromatic carbocycles. The van der Waals surface area contributed by atoms with Gasteiger partial charge in [0.15, 0.2) is 0 Å². The van der Waals surface area contributed by atoms with Crippen molar-refractivity contribution >= 4 is 5.69 Å². The summed E-state index contributed by atoms with van der Waals surface area (Å²) in [6.45, 7) is 3.55. The first-order chi connectivity index (χ1) is 8.24. The number of nitrogens with one attached hydrogen (secondary N) is 1. The Hall–Kier alpha value is -1.13. The normalized spacial score (nSPS) is 10.5. The number of ether oxygens (including phenoxy) is 1. The van der Waals surface area contributed by atoms with E-state index < -0.39 is 0 Å². The van der Waals surface area contributed by atoms with E-state index in [2.05, 4.69) is 10.2 Å². The summed E-state index contributed by atoms with van der Waals surface area (Å²) in [5.41, 5.74) is 1.04. The molecule has 0 amide bonds. The molecule has 0 aliphatic rings. The first-order valence-electron chi connectivity index (χ1n) is 5.90. The van der Waals surface area contributed by atoms with E-state index in [0.29, 0.717) is 0 Å². The third-order valence-corrected chi connectivity index (χ3v) is 2.60. The quantitative estimate of drug-likeness (QED) is 0.702. The predicted octanol–water partition coefficient (Wildman–Crippen LogP) is 1.89. The maximum atomic E-state index is 12.7. The number of halogens is 1. The Morgan fingerprint density at radius 1 is 1.24 bits per heavy atom. The molecule has 0 radical (unpaired) electrons. The number of hydrogen-bond acceptors (Lipinski definition) is 3. The second kappa shape index (κ2) is 8.03. The van der Waals surface area contributed by atoms with E-state index in [-0.39, 0.29) is 5.82 Å². The Morgan fingerprint density at radius 3 is 2.59 bits per heavy atom. The van der Waals surface area contributed by atoms with Crippen molar-refractivity contribution in [3.8, 4) is 0 Å². The molecule has 0 fully saturated rings. The molecule has 1 rings (SSSR count). The average molecular weight is 240 g/mol. The van der Waals surface area contributed by atoms with Crippen LogP contribution in [0.5, 0.6) is 0 Å². The highest BCUT2D eigenvalue weighted by Gasteiger charge is 2.00. The van der Waals surface area contributed by atoms with Crippen molar-refractivity contribution in [1.29, 1.82) is 0 Å². The van der Waals surface area contributed by atoms with Crippen molar-refractivity contribution in [2.45, 2.75) is 6.42 Å². The fraction of sp³-hybridized carbons (Fsp3) is 0.538. The Morgan fingerprint density at radius 2 is 1.94 bits per heavy atom. The molecule has 4 heteroatoms. The van der Waals surface area contributed by atoms with Gasteiger partial charge in [0.25, 0.3) is 0 Å². The third kappa shape index (κ3) is 5.65. The molecule has 0 atom stereocenters. The lowest BCUT2D eigenvalue weighted by Crippen LogP contribution is -2.25. The van der Waals surface area contributed by atoms with Crippen LogP contribution in [0.4, 0.5) is 10.1 Å². The summed E-state index contributed by atoms with van der Waals surface area (Å²) in [5, 5.41) is 3.29. The first-order valence-corrected chi connectivity index (χ1v) is 5.90. The van der Waals surface area contributed by atoms with Crippen molar-refractivity contribution in [2.75, 3.05) is 45.3 Å². The van der Waals surface area contributed by atoms with Gasteiger partial charge in [0.2, 0.25) is 0 Å². The van der Waals surface area contributed by atoms with E-state index in [1.807, 2.05) is 7.05 Å². The number of methoxy groups -OCH3 is 1. The molecule has 0 saturated heterocycles. The van der Waals surface area contributed by atoms with Crippen LogP contribution in [0.3, 0.4) is 0 Å². The second-order valence-corrected chi connectivity index (χ2v) is 3.99. The highest BCUT2D eigenvalue weighted by molar-refractivity contribution is 5.45. The maximum Gasteiger partial charge on any atom is 0.123 e. The van der Waals surface area contributed by atoms with Gasteiger partial charge < -0.3 is 15.0 Å². The van der Waals surface area contributed by atoms with E-state index in [1.165, 1.54) is 12.1 Å². The van der Waals surface area contributed by atoms with Crippen LogP contribution >= 0.6 is 0 Å². The summed E-state index contributed by atoms with van der Waals surface area (Å²) in [7, 11) is 3.71. The van der Waals surface area contributed by atoms with Gasteiger partial charge >= 0.3 is 0 Å². The molecular weight excluding hydrogens is 219 g/mol. The van der Waals surface area contributed by atoms with Crippen LogP contribution in [0.2, 0.25) is 0 Å². The Labute approximate surface area is 103 Å². The summed E-state index contributed by atoms with van der Waals surface area (Å²) in [6.07, 6.45) is 1.05. The number of rotatable bonds is 8. The summed E-state index contributed by atoms with van der Waals surface area (Å²) in [5.74, 6) is -0.191. The molecule has 0 unspecified atom stereocenters. The fourth-order valence-corrected chi connectivity index (χ4v) is 1.57. The third-order valence-electron chi connectivity index (χ3n) is 2.60. The zero-order valence-corrected chi connectivity index (χ0v) is 10.6. The van der Waals surface area contributed by atoms with E-state index in [9.17, 15) is 4.39 Å². The first kappa shape index (κ1) is 13.9. The lowest BCUT2D eigenvalue weighted by atomic mass is 10.2. The molecule has 96 valence electrons. The molecule has 0 aliphatic heterocycles. The molecule has 1 aromatic rings. The van der Waals surface area contributed by atoms with Crippen LogP contribution in [-0.2, 0) is 4.74 Å². The summed E-state index contributed by atoms with van der Waals surface area (Å²) in [6, 6.07) is 6.58. The topological polar surface area (TPSA) is 24.5 Å². The van der Waals surface area contributed by atoms with Crippen LogP contribution in [0.25, 0.3) is 0 Å². The highest BCUT2D eigenvalue weighted by Crippen LogP contribution is 2.12. The molecule has 0 bridgehead atoms. The van der Waals surface area contributed by atoms with E-state index in [4.69, 9.17) is 4.74 Å². The van der Waals surface area contributed by atoms with Crippen LogP contribution < -0.4 is 10.2 Å². The molecule has 0 aliphatic carbocycles. The average Bonchev–Trinajstić information content (AvgIpc) is 2.34. The second-order valence-electron chi connectivity index (χ2n) is 3.99. The lowest BCUT2D eigenvalue weighted by molar-refractivity contribution is 0.199. The standard InChI is InChI=1S/C13H21FN2O/c1-16(10-3-8-15-9-11-17-2)13-6-4-12(14)5-7-13/h4-7,15H,3,8-11H2,1-2H3. The lowest BCUT2D eigenvalue weighted by Gasteiger charge is -2.19. The largest absolute Gasteiger partial charge is 0.383 e. The van der Waals surface area contributed by atoms with Crippen molar-refractivity contribution in [3.63, 3.8) is 0 Å². The van der Waals surface area contributed by atoms with E-state index in [1.54, 1.807) is 19.2 Å². The summed E-state index contributed by atoms with van der Waals surface area (Å²) < 4.78 is 17.7. The van der Waals surface area contributed by atoms with Crippen molar-refractivity contribution < 1.29 is 9.13 Å². The molecule has 17 heavy (non-hydrogen) atoms. The Kier molecular flexibility index (Phi) is 6.58. The van der Waals surface area contributed by atoms with Gasteiger partial charge in [-0.05, 0) is 37.2 Å². The molecular formula is C13H21FN2O. The minimum Gasteiger partial charge on any atom is -0.383 e. The van der Waals surface area contributed by atoms with Crippen LogP contribution in [-0.4, -0.2) is 40.4 Å². The van der Waals surface area contributed by atoms with Gasteiger partial charge in [-0.25, -0.2) is 4.39 Å². The zero-order chi connectivity index (χ0) is 12.5. The van der Waals surface area contributed by atoms with Gasteiger partial charge in [-0.2, -0.15) is 0 Å². The van der Waals surface area contributed by atoms with Crippen molar-refractivity contribution in [3.05, 3.63) is 30.1 Å². The van der Waals surface area contributed by atoms with Crippen LogP contribution in [0.15, 0.2) is 24.3 Å². The smallest absolute Gasteiger partial charge is 0.123 e. The molecule has 0 aromatic heterocycles. The minimum absolute atomic E-state index is 0.191. The van der Waals surface area contributed by atoms with Crippen LogP contribution in [0, 0.1) is 5.82 Å². The van der Waals surface area contributed by atoms with Crippen molar-refractivity contribution in [1.82, 2.24) is 5.32 Å². The summed E-state index contributed by atoms with van der Waals surface area (Å²) >= 11 is 0. The van der Waals surface area contributed by atoms with Gasteiger partial charge in [-0.3, -0.25) is 0 Å². The van der Waals surface area contributed by atoms with Crippen molar-refractivity contribution in [2.24, 2.45) is 0 Å². The maximum absolute atomic E-state index is 12.7. The Bertz CT molecular complexity index is 303. The SMILES string of the molecule is COCCNCCCN(C)c1ccc(F)cc1. The van der Waals surface area contributed by atoms with E-state index >= 15 is 0 Å². The molecule has 3 nitrogen and oxygen atoms in total. The zero-order valence-electron chi connectivity index (χ0n) is 10.6. The van der Waals surface area contributed by atoms with Gasteiger partial charge in [0, 0.05) is 32.9 Å². The fourth-order valence-electron chi connectivity index (χ4n) is 1.57. The van der Waals surface area contributed by atoms with Gasteiger partial charge in [-0.1, -0.05) is 0 Å². The highest BCUT2D eigenvalue weighted by atomic mass is 19.1. The number of hydrogen-bond donors (Lipinski definition) is 1. The van der Waals surface area contributed by atoms with Gasteiger partial charge in [0.05, 0.1) is 6.61 Å². The number of nitrogens with zero attached hydrogens (tertiary/aromatic N) is 1. The predicted molar refractivity (Wildman–Crippen MR) is 69.0 cm³/mol. The molecule has 0 saturated carbocycles. The molecule has 1 N–H and O–H groups in total. The molecule has 0 spiro atoms. The number of anilines is 1. The summed E-state index contributed by atoms with van der Waals surface area (Å²) in [4.78, 5) is 2.12.